The molecule has 3 rings (SSSR count). The topological polar surface area (TPSA) is 24.5 Å². The zero-order valence-electron chi connectivity index (χ0n) is 11.1. The number of nitrogens with zero attached hydrogens (tertiary/aromatic N) is 1. The van der Waals surface area contributed by atoms with Crippen LogP contribution in [0.25, 0.3) is 0 Å². The summed E-state index contributed by atoms with van der Waals surface area (Å²) >= 11 is 0. The van der Waals surface area contributed by atoms with Crippen molar-refractivity contribution >= 4 is 0 Å². The Hall–Kier alpha value is -1.06. The molecule has 18 heavy (non-hydrogen) atoms. The normalized spacial score (nSPS) is 23.7. The van der Waals surface area contributed by atoms with Crippen LogP contribution in [-0.4, -0.2) is 43.7 Å². The number of aryl methyl sites for hydroxylation is 1. The number of rotatable bonds is 3. The lowest BCUT2D eigenvalue weighted by molar-refractivity contribution is 0.139. The van der Waals surface area contributed by atoms with E-state index in [0.717, 1.165) is 51.3 Å². The molecule has 0 aliphatic carbocycles. The Bertz CT molecular complexity index is 413. The Morgan fingerprint density at radius 2 is 2.17 bits per heavy atom. The maximum absolute atomic E-state index is 6.05. The molecule has 2 aliphatic heterocycles. The third-order valence-corrected chi connectivity index (χ3v) is 3.95. The fourth-order valence-electron chi connectivity index (χ4n) is 2.88. The molecule has 0 amide bonds. The fourth-order valence-corrected chi connectivity index (χ4v) is 2.88. The van der Waals surface area contributed by atoms with Gasteiger partial charge < -0.3 is 10.1 Å². The third kappa shape index (κ3) is 2.52. The van der Waals surface area contributed by atoms with E-state index in [-0.39, 0.29) is 0 Å². The Balaban J connectivity index is 1.61. The van der Waals surface area contributed by atoms with Gasteiger partial charge in [0.05, 0.1) is 0 Å². The van der Waals surface area contributed by atoms with Gasteiger partial charge in [0, 0.05) is 39.1 Å². The van der Waals surface area contributed by atoms with Gasteiger partial charge in [-0.1, -0.05) is 19.1 Å². The van der Waals surface area contributed by atoms with E-state index in [2.05, 4.69) is 35.3 Å². The van der Waals surface area contributed by atoms with Crippen LogP contribution >= 0.6 is 0 Å². The molecule has 1 unspecified atom stereocenters. The van der Waals surface area contributed by atoms with Crippen LogP contribution in [0.5, 0.6) is 5.75 Å². The molecule has 0 aromatic heterocycles. The van der Waals surface area contributed by atoms with Crippen LogP contribution in [0, 0.1) is 0 Å². The SMILES string of the molecule is CCc1ccc2c(c1)CC(CN1CCNCC1)O2. The lowest BCUT2D eigenvalue weighted by atomic mass is 10.0. The number of fused-ring (bicyclic) bond motifs is 1. The maximum atomic E-state index is 6.05. The highest BCUT2D eigenvalue weighted by Gasteiger charge is 2.25. The molecular formula is C15H22N2O. The Morgan fingerprint density at radius 3 is 2.94 bits per heavy atom. The second-order valence-electron chi connectivity index (χ2n) is 5.29. The summed E-state index contributed by atoms with van der Waals surface area (Å²) < 4.78 is 6.05. The quantitative estimate of drug-likeness (QED) is 0.874. The van der Waals surface area contributed by atoms with E-state index < -0.39 is 0 Å². The molecule has 1 fully saturated rings. The van der Waals surface area contributed by atoms with Crippen molar-refractivity contribution in [2.75, 3.05) is 32.7 Å². The smallest absolute Gasteiger partial charge is 0.123 e. The van der Waals surface area contributed by atoms with Gasteiger partial charge in [0.2, 0.25) is 0 Å². The van der Waals surface area contributed by atoms with E-state index in [1.165, 1.54) is 11.1 Å². The molecule has 3 nitrogen and oxygen atoms in total. The molecule has 1 saturated heterocycles. The summed E-state index contributed by atoms with van der Waals surface area (Å²) in [5.41, 5.74) is 2.81. The number of piperazine rings is 1. The standard InChI is InChI=1S/C15H22N2O/c1-2-12-3-4-15-13(9-12)10-14(18-15)11-17-7-5-16-6-8-17/h3-4,9,14,16H,2,5-8,10-11H2,1H3. The van der Waals surface area contributed by atoms with Crippen molar-refractivity contribution < 1.29 is 4.74 Å². The lowest BCUT2D eigenvalue weighted by Gasteiger charge is -2.29. The van der Waals surface area contributed by atoms with Crippen LogP contribution < -0.4 is 10.1 Å². The van der Waals surface area contributed by atoms with Crippen LogP contribution in [0.2, 0.25) is 0 Å². The van der Waals surface area contributed by atoms with E-state index in [0.29, 0.717) is 6.10 Å². The third-order valence-electron chi connectivity index (χ3n) is 3.95. The van der Waals surface area contributed by atoms with Gasteiger partial charge >= 0.3 is 0 Å². The number of hydrogen-bond acceptors (Lipinski definition) is 3. The van der Waals surface area contributed by atoms with E-state index in [1.54, 1.807) is 0 Å². The predicted octanol–water partition coefficient (Wildman–Crippen LogP) is 1.46. The lowest BCUT2D eigenvalue weighted by Crippen LogP contribution is -2.47. The average molecular weight is 246 g/mol. The first kappa shape index (κ1) is 12.0. The fraction of sp³-hybridized carbons (Fsp3) is 0.600. The minimum atomic E-state index is 0.352. The highest BCUT2D eigenvalue weighted by Crippen LogP contribution is 2.30. The summed E-state index contributed by atoms with van der Waals surface area (Å²) in [4.78, 5) is 2.51. The summed E-state index contributed by atoms with van der Waals surface area (Å²) in [5, 5.41) is 3.39. The zero-order chi connectivity index (χ0) is 12.4. The van der Waals surface area contributed by atoms with Crippen LogP contribution in [-0.2, 0) is 12.8 Å². The van der Waals surface area contributed by atoms with E-state index in [1.807, 2.05) is 0 Å². The van der Waals surface area contributed by atoms with Crippen molar-refractivity contribution in [1.82, 2.24) is 10.2 Å². The van der Waals surface area contributed by atoms with Gasteiger partial charge in [-0.2, -0.15) is 0 Å². The zero-order valence-corrected chi connectivity index (χ0v) is 11.1. The number of ether oxygens (including phenoxy) is 1. The van der Waals surface area contributed by atoms with Gasteiger partial charge in [-0.15, -0.1) is 0 Å². The molecule has 1 aromatic rings. The van der Waals surface area contributed by atoms with Gasteiger partial charge in [0.1, 0.15) is 11.9 Å². The van der Waals surface area contributed by atoms with Crippen molar-refractivity contribution in [3.63, 3.8) is 0 Å². The van der Waals surface area contributed by atoms with Crippen molar-refractivity contribution in [1.29, 1.82) is 0 Å². The summed E-state index contributed by atoms with van der Waals surface area (Å²) in [7, 11) is 0. The second-order valence-corrected chi connectivity index (χ2v) is 5.29. The first-order valence-electron chi connectivity index (χ1n) is 7.06. The molecule has 1 atom stereocenters. The minimum Gasteiger partial charge on any atom is -0.488 e. The van der Waals surface area contributed by atoms with Crippen LogP contribution in [0.3, 0.4) is 0 Å². The summed E-state index contributed by atoms with van der Waals surface area (Å²) in [5.74, 6) is 1.10. The van der Waals surface area contributed by atoms with Gasteiger partial charge in [-0.3, -0.25) is 4.90 Å². The molecule has 0 bridgehead atoms. The molecule has 2 aliphatic rings. The molecular weight excluding hydrogens is 224 g/mol. The number of hydrogen-bond donors (Lipinski definition) is 1. The van der Waals surface area contributed by atoms with Crippen LogP contribution in [0.15, 0.2) is 18.2 Å². The first-order chi connectivity index (χ1) is 8.85. The monoisotopic (exact) mass is 246 g/mol. The Morgan fingerprint density at radius 1 is 1.33 bits per heavy atom. The van der Waals surface area contributed by atoms with Crippen molar-refractivity contribution in [3.05, 3.63) is 29.3 Å². The van der Waals surface area contributed by atoms with Crippen molar-refractivity contribution in [2.24, 2.45) is 0 Å². The van der Waals surface area contributed by atoms with Crippen molar-refractivity contribution in [3.8, 4) is 5.75 Å². The van der Waals surface area contributed by atoms with Gasteiger partial charge in [0.25, 0.3) is 0 Å². The van der Waals surface area contributed by atoms with E-state index in [9.17, 15) is 0 Å². The molecule has 3 heteroatoms. The molecule has 2 heterocycles. The molecule has 0 radical (unpaired) electrons. The Labute approximate surface area is 109 Å². The first-order valence-corrected chi connectivity index (χ1v) is 7.06. The molecule has 1 aromatic carbocycles. The predicted molar refractivity (Wildman–Crippen MR) is 73.2 cm³/mol. The summed E-state index contributed by atoms with van der Waals surface area (Å²) in [6.45, 7) is 7.79. The molecule has 0 saturated carbocycles. The van der Waals surface area contributed by atoms with Gasteiger partial charge in [-0.05, 0) is 23.6 Å². The molecule has 98 valence electrons. The Kier molecular flexibility index (Phi) is 3.52. The summed E-state index contributed by atoms with van der Waals surface area (Å²) in [6.07, 6.45) is 2.54. The van der Waals surface area contributed by atoms with Crippen molar-refractivity contribution in [2.45, 2.75) is 25.9 Å². The largest absolute Gasteiger partial charge is 0.488 e. The number of benzene rings is 1. The van der Waals surface area contributed by atoms with Crippen LogP contribution in [0.4, 0.5) is 0 Å². The molecule has 1 N–H and O–H groups in total. The number of nitrogens with one attached hydrogen (secondary N) is 1. The molecule has 0 spiro atoms. The van der Waals surface area contributed by atoms with E-state index in [4.69, 9.17) is 4.74 Å². The van der Waals surface area contributed by atoms with Gasteiger partial charge in [0.15, 0.2) is 0 Å². The van der Waals surface area contributed by atoms with Gasteiger partial charge in [-0.25, -0.2) is 0 Å². The highest BCUT2D eigenvalue weighted by molar-refractivity contribution is 5.40. The maximum Gasteiger partial charge on any atom is 0.123 e. The van der Waals surface area contributed by atoms with E-state index >= 15 is 0 Å². The average Bonchev–Trinajstić information content (AvgIpc) is 2.80. The van der Waals surface area contributed by atoms with Crippen LogP contribution in [0.1, 0.15) is 18.1 Å². The minimum absolute atomic E-state index is 0.352. The second kappa shape index (κ2) is 5.29. The highest BCUT2D eigenvalue weighted by atomic mass is 16.5. The summed E-state index contributed by atoms with van der Waals surface area (Å²) in [6, 6.07) is 6.64.